The lowest BCUT2D eigenvalue weighted by molar-refractivity contribution is 0.0963. The number of amides is 1. The van der Waals surface area contributed by atoms with E-state index >= 15 is 0 Å². The number of carbonyl (C=O) groups excluding carboxylic acids is 1. The number of piperidine rings is 1. The van der Waals surface area contributed by atoms with Crippen molar-refractivity contribution in [2.45, 2.75) is 52.7 Å². The summed E-state index contributed by atoms with van der Waals surface area (Å²) in [7, 11) is 0. The van der Waals surface area contributed by atoms with Crippen LogP contribution in [0, 0.1) is 0 Å². The molecule has 29 heavy (non-hydrogen) atoms. The Kier molecular flexibility index (Phi) is 12.0. The number of hydrogen-bond donors (Lipinski definition) is 2. The Morgan fingerprint density at radius 1 is 1.17 bits per heavy atom. The first kappa shape index (κ1) is 25.5. The molecule has 0 radical (unpaired) electrons. The number of carbonyl (C=O) groups is 1. The van der Waals surface area contributed by atoms with Crippen LogP contribution in [0.2, 0.25) is 0 Å². The van der Waals surface area contributed by atoms with Crippen molar-refractivity contribution in [1.82, 2.24) is 15.1 Å². The summed E-state index contributed by atoms with van der Waals surface area (Å²) in [6.07, 6.45) is 1.46. The molecule has 1 fully saturated rings. The van der Waals surface area contributed by atoms with Crippen LogP contribution in [0.15, 0.2) is 29.3 Å². The van der Waals surface area contributed by atoms with E-state index < -0.39 is 0 Å². The van der Waals surface area contributed by atoms with Crippen LogP contribution >= 0.6 is 24.0 Å². The minimum Gasteiger partial charge on any atom is -0.450 e. The molecule has 8 heteroatoms. The zero-order chi connectivity index (χ0) is 20.4. The van der Waals surface area contributed by atoms with E-state index in [0.29, 0.717) is 32.2 Å². The van der Waals surface area contributed by atoms with Gasteiger partial charge in [-0.15, -0.1) is 24.0 Å². The van der Waals surface area contributed by atoms with Gasteiger partial charge < -0.3 is 20.7 Å². The fourth-order valence-corrected chi connectivity index (χ4v) is 3.31. The second-order valence-electron chi connectivity index (χ2n) is 7.08. The van der Waals surface area contributed by atoms with Crippen LogP contribution in [0.3, 0.4) is 0 Å². The first-order valence-corrected chi connectivity index (χ1v) is 10.3. The van der Waals surface area contributed by atoms with Gasteiger partial charge in [-0.05, 0) is 44.0 Å². The largest absolute Gasteiger partial charge is 0.450 e. The van der Waals surface area contributed by atoms with Crippen molar-refractivity contribution >= 4 is 36.0 Å². The van der Waals surface area contributed by atoms with E-state index in [4.69, 9.17) is 10.5 Å². The molecule has 0 saturated carbocycles. The van der Waals surface area contributed by atoms with Gasteiger partial charge in [0, 0.05) is 25.7 Å². The van der Waals surface area contributed by atoms with Crippen molar-refractivity contribution < 1.29 is 9.53 Å². The molecule has 0 aromatic heterocycles. The topological polar surface area (TPSA) is 83.2 Å². The van der Waals surface area contributed by atoms with Crippen molar-refractivity contribution in [3.8, 4) is 0 Å². The summed E-state index contributed by atoms with van der Waals surface area (Å²) in [5.74, 6) is 0.460. The Labute approximate surface area is 192 Å². The first-order chi connectivity index (χ1) is 13.5. The maximum absolute atomic E-state index is 11.7. The SMILES string of the molecule is CCOC(=O)N1CCC(NC(N)=NCc2ccc(CN(CC)CC)cc2)CC1.I. The number of likely N-dealkylation sites (tertiary alicyclic amines) is 1. The summed E-state index contributed by atoms with van der Waals surface area (Å²) < 4.78 is 5.04. The van der Waals surface area contributed by atoms with Gasteiger partial charge in [0.25, 0.3) is 0 Å². The lowest BCUT2D eigenvalue weighted by Crippen LogP contribution is -2.48. The number of hydrogen-bond acceptors (Lipinski definition) is 4. The predicted octanol–water partition coefficient (Wildman–Crippen LogP) is 3.17. The van der Waals surface area contributed by atoms with E-state index in [1.54, 1.807) is 4.90 Å². The molecular formula is C21H36IN5O2. The van der Waals surface area contributed by atoms with Crippen LogP contribution in [-0.2, 0) is 17.8 Å². The average molecular weight is 517 g/mol. The molecule has 0 aliphatic carbocycles. The summed E-state index contributed by atoms with van der Waals surface area (Å²) >= 11 is 0. The van der Waals surface area contributed by atoms with Crippen LogP contribution in [-0.4, -0.2) is 60.7 Å². The number of guanidine groups is 1. The van der Waals surface area contributed by atoms with Crippen molar-refractivity contribution in [1.29, 1.82) is 0 Å². The van der Waals surface area contributed by atoms with Crippen molar-refractivity contribution in [2.24, 2.45) is 10.7 Å². The monoisotopic (exact) mass is 517 g/mol. The summed E-state index contributed by atoms with van der Waals surface area (Å²) in [6, 6.07) is 8.81. The van der Waals surface area contributed by atoms with Gasteiger partial charge in [0.15, 0.2) is 5.96 Å². The van der Waals surface area contributed by atoms with E-state index in [2.05, 4.69) is 53.3 Å². The highest BCUT2D eigenvalue weighted by molar-refractivity contribution is 14.0. The molecule has 1 saturated heterocycles. The predicted molar refractivity (Wildman–Crippen MR) is 129 cm³/mol. The molecule has 0 unspecified atom stereocenters. The zero-order valence-corrected chi connectivity index (χ0v) is 20.2. The second kappa shape index (κ2) is 13.6. The minimum absolute atomic E-state index is 0. The van der Waals surface area contributed by atoms with Crippen LogP contribution in [0.4, 0.5) is 4.79 Å². The fraction of sp³-hybridized carbons (Fsp3) is 0.619. The van der Waals surface area contributed by atoms with Crippen LogP contribution in [0.5, 0.6) is 0 Å². The van der Waals surface area contributed by atoms with E-state index in [1.165, 1.54) is 5.56 Å². The molecule has 1 aliphatic heterocycles. The summed E-state index contributed by atoms with van der Waals surface area (Å²) in [5, 5.41) is 3.28. The summed E-state index contributed by atoms with van der Waals surface area (Å²) in [5.41, 5.74) is 8.51. The van der Waals surface area contributed by atoms with E-state index in [-0.39, 0.29) is 36.1 Å². The smallest absolute Gasteiger partial charge is 0.409 e. The Balaban J connectivity index is 0.00000420. The molecule has 164 valence electrons. The number of ether oxygens (including phenoxy) is 1. The molecule has 1 aromatic carbocycles. The Morgan fingerprint density at radius 3 is 2.31 bits per heavy atom. The Bertz CT molecular complexity index is 626. The minimum atomic E-state index is -0.230. The quantitative estimate of drug-likeness (QED) is 0.315. The Hall–Kier alpha value is -1.55. The lowest BCUT2D eigenvalue weighted by atomic mass is 10.1. The number of benzene rings is 1. The van der Waals surface area contributed by atoms with Crippen molar-refractivity contribution in [3.63, 3.8) is 0 Å². The summed E-state index contributed by atoms with van der Waals surface area (Å²) in [6.45, 7) is 11.6. The number of aliphatic imine (C=N–C) groups is 1. The van der Waals surface area contributed by atoms with Gasteiger partial charge in [0.2, 0.25) is 0 Å². The molecule has 1 amide bonds. The van der Waals surface area contributed by atoms with Gasteiger partial charge in [-0.1, -0.05) is 38.1 Å². The number of nitrogens with one attached hydrogen (secondary N) is 1. The molecule has 1 aromatic rings. The first-order valence-electron chi connectivity index (χ1n) is 10.3. The normalized spacial score (nSPS) is 15.2. The number of nitrogens with two attached hydrogens (primary N) is 1. The zero-order valence-electron chi connectivity index (χ0n) is 17.9. The maximum Gasteiger partial charge on any atom is 0.409 e. The average Bonchev–Trinajstić information content (AvgIpc) is 2.72. The standard InChI is InChI=1S/C21H35N5O2.HI/c1-4-25(5-2)16-18-9-7-17(8-10-18)15-23-20(22)24-19-11-13-26(14-12-19)21(27)28-6-3;/h7-10,19H,4-6,11-16H2,1-3H3,(H3,22,23,24);1H. The highest BCUT2D eigenvalue weighted by Crippen LogP contribution is 2.12. The van der Waals surface area contributed by atoms with Crippen LogP contribution in [0.25, 0.3) is 0 Å². The number of rotatable bonds is 8. The van der Waals surface area contributed by atoms with Gasteiger partial charge >= 0.3 is 6.09 Å². The number of nitrogens with zero attached hydrogens (tertiary/aromatic N) is 3. The third kappa shape index (κ3) is 8.77. The molecule has 3 N–H and O–H groups in total. The van der Waals surface area contributed by atoms with E-state index in [0.717, 1.165) is 38.0 Å². The third-order valence-corrected chi connectivity index (χ3v) is 5.13. The number of halogens is 1. The third-order valence-electron chi connectivity index (χ3n) is 5.13. The van der Waals surface area contributed by atoms with Crippen LogP contribution in [0.1, 0.15) is 44.7 Å². The summed E-state index contributed by atoms with van der Waals surface area (Å²) in [4.78, 5) is 20.3. The van der Waals surface area contributed by atoms with Gasteiger partial charge in [-0.3, -0.25) is 4.90 Å². The molecule has 0 atom stereocenters. The lowest BCUT2D eigenvalue weighted by Gasteiger charge is -2.31. The van der Waals surface area contributed by atoms with Gasteiger partial charge in [-0.25, -0.2) is 9.79 Å². The highest BCUT2D eigenvalue weighted by atomic mass is 127. The van der Waals surface area contributed by atoms with E-state index in [9.17, 15) is 4.79 Å². The van der Waals surface area contributed by atoms with Crippen LogP contribution < -0.4 is 11.1 Å². The van der Waals surface area contributed by atoms with Gasteiger partial charge in [-0.2, -0.15) is 0 Å². The van der Waals surface area contributed by atoms with Gasteiger partial charge in [0.1, 0.15) is 0 Å². The molecule has 0 bridgehead atoms. The second-order valence-corrected chi connectivity index (χ2v) is 7.08. The highest BCUT2D eigenvalue weighted by Gasteiger charge is 2.23. The Morgan fingerprint density at radius 2 is 1.76 bits per heavy atom. The molecule has 1 heterocycles. The van der Waals surface area contributed by atoms with Gasteiger partial charge in [0.05, 0.1) is 13.2 Å². The molecular weight excluding hydrogens is 481 g/mol. The maximum atomic E-state index is 11.7. The van der Waals surface area contributed by atoms with E-state index in [1.807, 2.05) is 6.92 Å². The molecule has 2 rings (SSSR count). The molecule has 0 spiro atoms. The molecule has 1 aliphatic rings. The van der Waals surface area contributed by atoms with Crippen molar-refractivity contribution in [3.05, 3.63) is 35.4 Å². The molecule has 7 nitrogen and oxygen atoms in total. The van der Waals surface area contributed by atoms with Crippen molar-refractivity contribution in [2.75, 3.05) is 32.8 Å². The fourth-order valence-electron chi connectivity index (χ4n) is 3.31.